The van der Waals surface area contributed by atoms with Crippen LogP contribution in [0.2, 0.25) is 0 Å². The maximum absolute atomic E-state index is 9.49. The quantitative estimate of drug-likeness (QED) is 0.259. The number of hydrogen-bond donors (Lipinski definition) is 1. The first-order valence-electron chi connectivity index (χ1n) is 4.41. The number of hydrogen-bond acceptors (Lipinski definition) is 3. The molecule has 0 fully saturated rings. The van der Waals surface area contributed by atoms with Gasteiger partial charge in [0.1, 0.15) is 12.4 Å². The Labute approximate surface area is 92.3 Å². The normalized spacial score (nSPS) is 8.06. The molecule has 84 valence electrons. The van der Waals surface area contributed by atoms with Crippen molar-refractivity contribution in [3.05, 3.63) is 39.4 Å². The molecular formula is C9H11N5O2. The SMILES string of the molecule is CC[n+]1cc[nH]c1C.N#CC(=C=[N-])[N+](=O)[O-]. The lowest BCUT2D eigenvalue weighted by Gasteiger charge is -1.86. The molecule has 0 saturated carbocycles. The lowest BCUT2D eigenvalue weighted by Crippen LogP contribution is -2.32. The van der Waals surface area contributed by atoms with Crippen molar-refractivity contribution in [2.75, 3.05) is 0 Å². The summed E-state index contributed by atoms with van der Waals surface area (Å²) >= 11 is 0. The van der Waals surface area contributed by atoms with Crippen LogP contribution in [0.15, 0.2) is 18.1 Å². The summed E-state index contributed by atoms with van der Waals surface area (Å²) in [4.78, 5) is 11.5. The number of imidazole rings is 1. The van der Waals surface area contributed by atoms with E-state index in [1.165, 1.54) is 5.82 Å². The minimum atomic E-state index is -1.03. The largest absolute Gasteiger partial charge is 0.757 e. The van der Waals surface area contributed by atoms with Crippen molar-refractivity contribution >= 4 is 5.87 Å². The number of nitrogens with one attached hydrogen (secondary N) is 1. The maximum Gasteiger partial charge on any atom is 0.365 e. The Morgan fingerprint density at radius 3 is 2.56 bits per heavy atom. The molecule has 7 nitrogen and oxygen atoms in total. The van der Waals surface area contributed by atoms with Crippen LogP contribution in [0.5, 0.6) is 0 Å². The zero-order valence-corrected chi connectivity index (χ0v) is 8.97. The van der Waals surface area contributed by atoms with Crippen LogP contribution in [-0.2, 0) is 6.54 Å². The van der Waals surface area contributed by atoms with Crippen molar-refractivity contribution in [2.45, 2.75) is 20.4 Å². The van der Waals surface area contributed by atoms with Crippen molar-refractivity contribution in [1.82, 2.24) is 4.98 Å². The lowest BCUT2D eigenvalue weighted by molar-refractivity contribution is -0.698. The third-order valence-electron chi connectivity index (χ3n) is 1.71. The topological polar surface area (TPSA) is 109 Å². The van der Waals surface area contributed by atoms with Crippen LogP contribution in [0.4, 0.5) is 0 Å². The Bertz CT molecular complexity index is 451. The first-order valence-corrected chi connectivity index (χ1v) is 4.41. The predicted octanol–water partition coefficient (Wildman–Crippen LogP) is 0.540. The molecule has 1 aromatic heterocycles. The Balaban J connectivity index is 0.000000281. The zero-order chi connectivity index (χ0) is 12.6. The lowest BCUT2D eigenvalue weighted by atomic mass is 10.6. The number of nitrogens with zero attached hydrogens (tertiary/aromatic N) is 4. The van der Waals surface area contributed by atoms with Crippen molar-refractivity contribution in [3.63, 3.8) is 0 Å². The fourth-order valence-corrected chi connectivity index (χ4v) is 0.892. The number of aromatic nitrogens is 2. The summed E-state index contributed by atoms with van der Waals surface area (Å²) in [7, 11) is 0. The van der Waals surface area contributed by atoms with E-state index < -0.39 is 10.6 Å². The van der Waals surface area contributed by atoms with E-state index in [9.17, 15) is 10.1 Å². The van der Waals surface area contributed by atoms with Gasteiger partial charge in [0.15, 0.2) is 6.07 Å². The Morgan fingerprint density at radius 1 is 1.81 bits per heavy atom. The molecule has 1 heterocycles. The van der Waals surface area contributed by atoms with Gasteiger partial charge in [-0.15, -0.1) is 0 Å². The molecule has 1 N–H and O–H groups in total. The van der Waals surface area contributed by atoms with Crippen LogP contribution < -0.4 is 4.57 Å². The molecule has 0 aliphatic rings. The summed E-state index contributed by atoms with van der Waals surface area (Å²) in [6.45, 7) is 5.24. The number of allylic oxidation sites excluding steroid dienone is 1. The van der Waals surface area contributed by atoms with Gasteiger partial charge in [-0.25, -0.2) is 9.55 Å². The molecule has 0 saturated heterocycles. The molecule has 0 aromatic carbocycles. The maximum atomic E-state index is 9.49. The number of nitro groups is 1. The van der Waals surface area contributed by atoms with Gasteiger partial charge < -0.3 is 5.41 Å². The van der Waals surface area contributed by atoms with E-state index in [0.29, 0.717) is 0 Å². The average Bonchev–Trinajstić information content (AvgIpc) is 2.66. The Morgan fingerprint density at radius 2 is 2.44 bits per heavy atom. The van der Waals surface area contributed by atoms with E-state index >= 15 is 0 Å². The van der Waals surface area contributed by atoms with Crippen LogP contribution in [0.3, 0.4) is 0 Å². The molecule has 0 spiro atoms. The van der Waals surface area contributed by atoms with Crippen molar-refractivity contribution < 1.29 is 9.49 Å². The van der Waals surface area contributed by atoms with Crippen LogP contribution in [0, 0.1) is 28.4 Å². The van der Waals surface area contributed by atoms with E-state index in [4.69, 9.17) is 10.7 Å². The zero-order valence-electron chi connectivity index (χ0n) is 8.97. The minimum Gasteiger partial charge on any atom is -0.757 e. The molecule has 0 aliphatic carbocycles. The Hall–Kier alpha value is -2.45. The average molecular weight is 221 g/mol. The molecule has 7 heteroatoms. The minimum absolute atomic E-state index is 0.981. The fraction of sp³-hybridized carbons (Fsp3) is 0.333. The Kier molecular flexibility index (Phi) is 5.86. The first-order chi connectivity index (χ1) is 7.56. The third-order valence-corrected chi connectivity index (χ3v) is 1.71. The van der Waals surface area contributed by atoms with E-state index in [0.717, 1.165) is 18.5 Å². The molecule has 1 aromatic rings. The van der Waals surface area contributed by atoms with Crippen LogP contribution in [-0.4, -0.2) is 15.8 Å². The number of aryl methyl sites for hydroxylation is 2. The highest BCUT2D eigenvalue weighted by molar-refractivity contribution is 5.62. The summed E-state index contributed by atoms with van der Waals surface area (Å²) in [5.41, 5.74) is -0.981. The van der Waals surface area contributed by atoms with Crippen LogP contribution >= 0.6 is 0 Å². The summed E-state index contributed by atoms with van der Waals surface area (Å²) < 4.78 is 2.15. The van der Waals surface area contributed by atoms with Crippen molar-refractivity contribution in [1.29, 1.82) is 5.26 Å². The van der Waals surface area contributed by atoms with E-state index in [1.807, 2.05) is 12.4 Å². The second-order valence-electron chi connectivity index (χ2n) is 2.66. The molecule has 0 aliphatic heterocycles. The standard InChI is InChI=1S/C6H10N2.C3N3O2/c1-3-8-5-4-7-6(8)2;4-1-3(2-5)6(7)8/h4-5H,3H2,1-2H3;/q;-1/p+1. The van der Waals surface area contributed by atoms with Gasteiger partial charge in [0.05, 0.1) is 11.5 Å². The summed E-state index contributed by atoms with van der Waals surface area (Å²) in [6, 6.07) is 1.11. The van der Waals surface area contributed by atoms with E-state index in [1.54, 1.807) is 0 Å². The second kappa shape index (κ2) is 6.92. The second-order valence-corrected chi connectivity index (χ2v) is 2.66. The van der Waals surface area contributed by atoms with Crippen LogP contribution in [0.25, 0.3) is 5.41 Å². The van der Waals surface area contributed by atoms with Gasteiger partial charge in [-0.2, -0.15) is 11.1 Å². The molecular weight excluding hydrogens is 210 g/mol. The predicted molar refractivity (Wildman–Crippen MR) is 55.9 cm³/mol. The summed E-state index contributed by atoms with van der Waals surface area (Å²) in [5, 5.41) is 25.0. The smallest absolute Gasteiger partial charge is 0.365 e. The number of H-pyrrole nitrogens is 1. The molecule has 0 atom stereocenters. The number of aromatic amines is 1. The number of rotatable bonds is 2. The molecule has 1 rings (SSSR count). The van der Waals surface area contributed by atoms with Crippen LogP contribution in [0.1, 0.15) is 12.7 Å². The summed E-state index contributed by atoms with van der Waals surface area (Å²) in [6.07, 6.45) is 3.98. The van der Waals surface area contributed by atoms with Gasteiger partial charge in [0.2, 0.25) is 0 Å². The monoisotopic (exact) mass is 221 g/mol. The molecule has 16 heavy (non-hydrogen) atoms. The van der Waals surface area contributed by atoms with Gasteiger partial charge >= 0.3 is 5.70 Å². The highest BCUT2D eigenvalue weighted by Gasteiger charge is 2.01. The third kappa shape index (κ3) is 4.17. The number of nitriles is 1. The van der Waals surface area contributed by atoms with Crippen molar-refractivity contribution in [2.24, 2.45) is 0 Å². The first kappa shape index (κ1) is 13.6. The molecule has 0 unspecified atom stereocenters. The molecule has 0 amide bonds. The molecule has 0 radical (unpaired) electrons. The van der Waals surface area contributed by atoms with Gasteiger partial charge in [-0.05, 0) is 6.92 Å². The highest BCUT2D eigenvalue weighted by atomic mass is 16.6. The van der Waals surface area contributed by atoms with Gasteiger partial charge in [-0.3, -0.25) is 10.1 Å². The van der Waals surface area contributed by atoms with Gasteiger partial charge in [-0.1, -0.05) is 0 Å². The summed E-state index contributed by atoms with van der Waals surface area (Å²) in [5.74, 6) is 2.32. The highest BCUT2D eigenvalue weighted by Crippen LogP contribution is 1.82. The van der Waals surface area contributed by atoms with E-state index in [2.05, 4.69) is 23.4 Å². The van der Waals surface area contributed by atoms with Gasteiger partial charge in [0, 0.05) is 6.92 Å². The fourth-order valence-electron chi connectivity index (χ4n) is 0.892. The molecule has 0 bridgehead atoms. The van der Waals surface area contributed by atoms with Gasteiger partial charge in [0.25, 0.3) is 5.82 Å². The van der Waals surface area contributed by atoms with E-state index in [-0.39, 0.29) is 0 Å². The van der Waals surface area contributed by atoms with Crippen molar-refractivity contribution in [3.8, 4) is 6.07 Å².